The van der Waals surface area contributed by atoms with Crippen molar-refractivity contribution in [2.75, 3.05) is 0 Å². The fraction of sp³-hybridized carbons (Fsp3) is 0.267. The minimum absolute atomic E-state index is 0.263. The van der Waals surface area contributed by atoms with Crippen LogP contribution < -0.4 is 5.32 Å². The largest absolute Gasteiger partial charge is 0.416 e. The number of hydrogen-bond acceptors (Lipinski definition) is 1. The van der Waals surface area contributed by atoms with Crippen LogP contribution in [0, 0.1) is 6.92 Å². The molecule has 3 nitrogen and oxygen atoms in total. The van der Waals surface area contributed by atoms with Crippen LogP contribution in [0.15, 0.2) is 36.5 Å². The highest BCUT2D eigenvalue weighted by atomic mass is 19.4. The van der Waals surface area contributed by atoms with Crippen LogP contribution in [-0.4, -0.2) is 10.9 Å². The van der Waals surface area contributed by atoms with Crippen molar-refractivity contribution in [3.63, 3.8) is 0 Å². The minimum Gasteiger partial charge on any atom is -0.365 e. The summed E-state index contributed by atoms with van der Waals surface area (Å²) in [7, 11) is 0. The van der Waals surface area contributed by atoms with Crippen LogP contribution in [-0.2, 0) is 6.18 Å². The number of aryl methyl sites for hydroxylation is 1. The van der Waals surface area contributed by atoms with Gasteiger partial charge in [-0.05, 0) is 37.6 Å². The molecule has 0 radical (unpaired) electrons. The normalized spacial score (nSPS) is 13.0. The van der Waals surface area contributed by atoms with Crippen molar-refractivity contribution >= 4 is 5.91 Å². The summed E-state index contributed by atoms with van der Waals surface area (Å²) in [5, 5.41) is 2.76. The maximum absolute atomic E-state index is 12.5. The van der Waals surface area contributed by atoms with E-state index in [2.05, 4.69) is 10.3 Å². The molecule has 0 fully saturated rings. The van der Waals surface area contributed by atoms with Gasteiger partial charge in [0.15, 0.2) is 0 Å². The molecule has 2 N–H and O–H groups in total. The van der Waals surface area contributed by atoms with Crippen molar-refractivity contribution < 1.29 is 18.0 Å². The molecule has 1 unspecified atom stereocenters. The number of carbonyl (C=O) groups excluding carboxylic acids is 1. The smallest absolute Gasteiger partial charge is 0.365 e. The highest BCUT2D eigenvalue weighted by Gasteiger charge is 2.30. The second-order valence-electron chi connectivity index (χ2n) is 4.83. The Morgan fingerprint density at radius 1 is 1.19 bits per heavy atom. The average molecular weight is 296 g/mol. The Kier molecular flexibility index (Phi) is 4.06. The minimum atomic E-state index is -4.35. The van der Waals surface area contributed by atoms with Crippen molar-refractivity contribution in [1.29, 1.82) is 0 Å². The summed E-state index contributed by atoms with van der Waals surface area (Å²) in [4.78, 5) is 14.9. The van der Waals surface area contributed by atoms with Gasteiger partial charge in [-0.15, -0.1) is 0 Å². The van der Waals surface area contributed by atoms with E-state index in [4.69, 9.17) is 0 Å². The number of amides is 1. The SMILES string of the molecule is Cc1[nH]ccc1C(=O)NC(C)c1ccc(C(F)(F)F)cc1. The number of hydrogen-bond donors (Lipinski definition) is 2. The Labute approximate surface area is 120 Å². The van der Waals surface area contributed by atoms with Gasteiger partial charge in [-0.3, -0.25) is 4.79 Å². The lowest BCUT2D eigenvalue weighted by Gasteiger charge is -2.15. The van der Waals surface area contributed by atoms with Crippen molar-refractivity contribution in [2.45, 2.75) is 26.1 Å². The lowest BCUT2D eigenvalue weighted by Crippen LogP contribution is -2.26. The third-order valence-corrected chi connectivity index (χ3v) is 3.28. The number of halogens is 3. The Balaban J connectivity index is 2.09. The number of aromatic nitrogens is 1. The van der Waals surface area contributed by atoms with Crippen molar-refractivity contribution in [3.8, 4) is 0 Å². The van der Waals surface area contributed by atoms with E-state index in [9.17, 15) is 18.0 Å². The number of aromatic amines is 1. The fourth-order valence-electron chi connectivity index (χ4n) is 2.02. The molecule has 2 rings (SSSR count). The molecule has 0 saturated carbocycles. The van der Waals surface area contributed by atoms with E-state index >= 15 is 0 Å². The number of H-pyrrole nitrogens is 1. The summed E-state index contributed by atoms with van der Waals surface area (Å²) in [5.41, 5.74) is 1.18. The highest BCUT2D eigenvalue weighted by Crippen LogP contribution is 2.29. The number of nitrogens with one attached hydrogen (secondary N) is 2. The molecule has 0 aliphatic carbocycles. The van der Waals surface area contributed by atoms with Crippen LogP contribution in [0.1, 0.15) is 40.1 Å². The predicted molar refractivity (Wildman–Crippen MR) is 72.9 cm³/mol. The van der Waals surface area contributed by atoms with Gasteiger partial charge in [0.25, 0.3) is 5.91 Å². The molecule has 0 bridgehead atoms. The molecule has 1 aromatic carbocycles. The standard InChI is InChI=1S/C15H15F3N2O/c1-9(20-14(21)13-7-8-19-10(13)2)11-3-5-12(6-4-11)15(16,17)18/h3-9,19H,1-2H3,(H,20,21). The van der Waals surface area contributed by atoms with Crippen LogP contribution in [0.4, 0.5) is 13.2 Å². The number of rotatable bonds is 3. The summed E-state index contributed by atoms with van der Waals surface area (Å²) >= 11 is 0. The zero-order chi connectivity index (χ0) is 15.6. The van der Waals surface area contributed by atoms with Crippen LogP contribution >= 0.6 is 0 Å². The summed E-state index contributed by atoms with van der Waals surface area (Å²) in [5.74, 6) is -0.263. The van der Waals surface area contributed by atoms with E-state index in [-0.39, 0.29) is 11.9 Å². The van der Waals surface area contributed by atoms with Crippen LogP contribution in [0.5, 0.6) is 0 Å². The number of benzene rings is 1. The van der Waals surface area contributed by atoms with Gasteiger partial charge < -0.3 is 10.3 Å². The van der Waals surface area contributed by atoms with Gasteiger partial charge in [-0.1, -0.05) is 12.1 Å². The first kappa shape index (κ1) is 15.2. The van der Waals surface area contributed by atoms with Gasteiger partial charge in [0.05, 0.1) is 17.2 Å². The number of alkyl halides is 3. The van der Waals surface area contributed by atoms with Crippen LogP contribution in [0.3, 0.4) is 0 Å². The van der Waals surface area contributed by atoms with Crippen LogP contribution in [0.2, 0.25) is 0 Å². The van der Waals surface area contributed by atoms with E-state index in [1.165, 1.54) is 12.1 Å². The van der Waals surface area contributed by atoms with Crippen molar-refractivity contribution in [3.05, 3.63) is 58.9 Å². The molecule has 6 heteroatoms. The number of carbonyl (C=O) groups is 1. The van der Waals surface area contributed by atoms with Gasteiger partial charge >= 0.3 is 6.18 Å². The molecule has 1 atom stereocenters. The summed E-state index contributed by atoms with van der Waals surface area (Å²) in [6, 6.07) is 6.05. The monoisotopic (exact) mass is 296 g/mol. The third-order valence-electron chi connectivity index (χ3n) is 3.28. The fourth-order valence-corrected chi connectivity index (χ4v) is 2.02. The molecule has 0 saturated heterocycles. The first-order valence-corrected chi connectivity index (χ1v) is 6.41. The summed E-state index contributed by atoms with van der Waals surface area (Å²) in [6.07, 6.45) is -2.69. The molecule has 0 spiro atoms. The lowest BCUT2D eigenvalue weighted by molar-refractivity contribution is -0.137. The van der Waals surface area contributed by atoms with Gasteiger partial charge in [0, 0.05) is 11.9 Å². The van der Waals surface area contributed by atoms with Gasteiger partial charge in [-0.25, -0.2) is 0 Å². The highest BCUT2D eigenvalue weighted by molar-refractivity contribution is 5.95. The Morgan fingerprint density at radius 3 is 2.29 bits per heavy atom. The third kappa shape index (κ3) is 3.45. The first-order chi connectivity index (χ1) is 9.79. The maximum Gasteiger partial charge on any atom is 0.416 e. The van der Waals surface area contributed by atoms with E-state index in [0.29, 0.717) is 11.1 Å². The first-order valence-electron chi connectivity index (χ1n) is 6.41. The molecule has 1 aromatic heterocycles. The maximum atomic E-state index is 12.5. The van der Waals surface area contributed by atoms with E-state index in [0.717, 1.165) is 17.8 Å². The summed E-state index contributed by atoms with van der Waals surface area (Å²) < 4.78 is 37.5. The quantitative estimate of drug-likeness (QED) is 0.888. The zero-order valence-electron chi connectivity index (χ0n) is 11.6. The Bertz CT molecular complexity index is 629. The molecule has 0 aliphatic heterocycles. The van der Waals surface area contributed by atoms with Gasteiger partial charge in [0.1, 0.15) is 0 Å². The molecule has 112 valence electrons. The van der Waals surface area contributed by atoms with Gasteiger partial charge in [0.2, 0.25) is 0 Å². The van der Waals surface area contributed by atoms with E-state index in [1.807, 2.05) is 0 Å². The van der Waals surface area contributed by atoms with E-state index < -0.39 is 11.7 Å². The molecular formula is C15H15F3N2O. The zero-order valence-corrected chi connectivity index (χ0v) is 11.6. The molecular weight excluding hydrogens is 281 g/mol. The summed E-state index contributed by atoms with van der Waals surface area (Å²) in [6.45, 7) is 3.50. The Hall–Kier alpha value is -2.24. The molecule has 2 aromatic rings. The molecule has 1 heterocycles. The van der Waals surface area contributed by atoms with Crippen molar-refractivity contribution in [1.82, 2.24) is 10.3 Å². The lowest BCUT2D eigenvalue weighted by atomic mass is 10.1. The average Bonchev–Trinajstić information content (AvgIpc) is 2.84. The van der Waals surface area contributed by atoms with Gasteiger partial charge in [-0.2, -0.15) is 13.2 Å². The van der Waals surface area contributed by atoms with E-state index in [1.54, 1.807) is 26.1 Å². The topological polar surface area (TPSA) is 44.9 Å². The Morgan fingerprint density at radius 2 is 1.81 bits per heavy atom. The molecule has 21 heavy (non-hydrogen) atoms. The second kappa shape index (κ2) is 5.63. The molecule has 1 amide bonds. The van der Waals surface area contributed by atoms with Crippen molar-refractivity contribution in [2.24, 2.45) is 0 Å². The predicted octanol–water partition coefficient (Wildman–Crippen LogP) is 3.83. The van der Waals surface area contributed by atoms with Crippen LogP contribution in [0.25, 0.3) is 0 Å². The molecule has 0 aliphatic rings. The second-order valence-corrected chi connectivity index (χ2v) is 4.83.